The third-order valence-electron chi connectivity index (χ3n) is 1.75. The summed E-state index contributed by atoms with van der Waals surface area (Å²) in [6.07, 6.45) is 0.342. The Morgan fingerprint density at radius 3 is 2.64 bits per heavy atom. The summed E-state index contributed by atoms with van der Waals surface area (Å²) in [6.45, 7) is 1.39. The zero-order chi connectivity index (χ0) is 10.4. The summed E-state index contributed by atoms with van der Waals surface area (Å²) in [5, 5.41) is 1.48. The number of benzene rings is 1. The third kappa shape index (κ3) is 3.66. The lowest BCUT2D eigenvalue weighted by Crippen LogP contribution is -2.19. The van der Waals surface area contributed by atoms with Crippen LogP contribution in [-0.2, 0) is 16.0 Å². The lowest BCUT2D eigenvalue weighted by molar-refractivity contribution is -0.142. The molecule has 0 saturated carbocycles. The van der Waals surface area contributed by atoms with Crippen molar-refractivity contribution in [1.29, 1.82) is 0 Å². The van der Waals surface area contributed by atoms with Gasteiger partial charge in [-0.1, -0.05) is 42.5 Å². The van der Waals surface area contributed by atoms with E-state index in [0.29, 0.717) is 6.42 Å². The van der Waals surface area contributed by atoms with Crippen LogP contribution in [0, 0.1) is 0 Å². The van der Waals surface area contributed by atoms with Crippen LogP contribution in [0.15, 0.2) is 30.3 Å². The second-order valence-corrected chi connectivity index (χ2v) is 3.25. The molecule has 0 aliphatic heterocycles. The standard InChI is InChI=1S/C11H12O2S/c1-9(12)13-11(8-14)7-10-5-3-2-4-6-10/h2-6,8,11H,7H2,1H3. The number of carbonyl (C=O) groups is 1. The van der Waals surface area contributed by atoms with E-state index in [9.17, 15) is 4.79 Å². The first-order valence-corrected chi connectivity index (χ1v) is 4.86. The predicted molar refractivity (Wildman–Crippen MR) is 59.4 cm³/mol. The van der Waals surface area contributed by atoms with Crippen molar-refractivity contribution >= 4 is 23.6 Å². The quantitative estimate of drug-likeness (QED) is 0.560. The lowest BCUT2D eigenvalue weighted by Gasteiger charge is -2.11. The number of rotatable bonds is 4. The van der Waals surface area contributed by atoms with Crippen LogP contribution in [0.4, 0.5) is 0 Å². The molecule has 0 heterocycles. The maximum atomic E-state index is 10.7. The predicted octanol–water partition coefficient (Wildman–Crippen LogP) is 2.16. The zero-order valence-electron chi connectivity index (χ0n) is 7.97. The zero-order valence-corrected chi connectivity index (χ0v) is 8.79. The molecule has 1 atom stereocenters. The van der Waals surface area contributed by atoms with Gasteiger partial charge in [0.15, 0.2) is 0 Å². The molecule has 0 N–H and O–H groups in total. The number of hydrogen-bond acceptors (Lipinski definition) is 3. The fourth-order valence-electron chi connectivity index (χ4n) is 1.18. The van der Waals surface area contributed by atoms with Crippen LogP contribution in [0.3, 0.4) is 0 Å². The van der Waals surface area contributed by atoms with E-state index < -0.39 is 0 Å². The average molecular weight is 208 g/mol. The van der Waals surface area contributed by atoms with E-state index in [1.165, 1.54) is 12.3 Å². The third-order valence-corrected chi connectivity index (χ3v) is 2.05. The molecule has 1 rings (SSSR count). The summed E-state index contributed by atoms with van der Waals surface area (Å²) in [6, 6.07) is 9.81. The van der Waals surface area contributed by atoms with Crippen molar-refractivity contribution in [2.24, 2.45) is 0 Å². The molecule has 1 unspecified atom stereocenters. The van der Waals surface area contributed by atoms with E-state index in [2.05, 4.69) is 0 Å². The first-order chi connectivity index (χ1) is 6.72. The summed E-state index contributed by atoms with van der Waals surface area (Å²) in [4.78, 5) is 10.7. The maximum absolute atomic E-state index is 10.7. The van der Waals surface area contributed by atoms with E-state index in [0.717, 1.165) is 5.56 Å². The van der Waals surface area contributed by atoms with Crippen molar-refractivity contribution in [3.8, 4) is 0 Å². The number of carbonyl (C=O) groups excluding carboxylic acids is 1. The molecule has 1 aromatic rings. The fourth-order valence-corrected chi connectivity index (χ4v) is 1.33. The first-order valence-electron chi connectivity index (χ1n) is 4.39. The molecule has 0 radical (unpaired) electrons. The van der Waals surface area contributed by atoms with E-state index in [4.69, 9.17) is 17.0 Å². The topological polar surface area (TPSA) is 26.3 Å². The van der Waals surface area contributed by atoms with Crippen molar-refractivity contribution in [2.75, 3.05) is 0 Å². The van der Waals surface area contributed by atoms with Gasteiger partial charge >= 0.3 is 5.97 Å². The van der Waals surface area contributed by atoms with Crippen LogP contribution in [0.25, 0.3) is 0 Å². The fraction of sp³-hybridized carbons (Fsp3) is 0.273. The molecule has 0 spiro atoms. The molecule has 0 aromatic heterocycles. The molecule has 14 heavy (non-hydrogen) atoms. The van der Waals surface area contributed by atoms with Gasteiger partial charge in [0.1, 0.15) is 6.10 Å². The highest BCUT2D eigenvalue weighted by molar-refractivity contribution is 7.79. The van der Waals surface area contributed by atoms with Gasteiger partial charge in [0.2, 0.25) is 0 Å². The largest absolute Gasteiger partial charge is 0.457 e. The van der Waals surface area contributed by atoms with Gasteiger partial charge in [0, 0.05) is 18.7 Å². The Kier molecular flexibility index (Phi) is 4.26. The van der Waals surface area contributed by atoms with Crippen molar-refractivity contribution in [3.63, 3.8) is 0 Å². The van der Waals surface area contributed by atoms with Gasteiger partial charge in [0.25, 0.3) is 0 Å². The van der Waals surface area contributed by atoms with Crippen molar-refractivity contribution < 1.29 is 9.53 Å². The number of thiocarbonyl (C=S) groups is 1. The van der Waals surface area contributed by atoms with E-state index in [1.54, 1.807) is 0 Å². The molecule has 0 aliphatic carbocycles. The molecule has 0 saturated heterocycles. The second-order valence-electron chi connectivity index (χ2n) is 2.97. The van der Waals surface area contributed by atoms with Crippen LogP contribution in [0.2, 0.25) is 0 Å². The molecule has 3 heteroatoms. The van der Waals surface area contributed by atoms with Crippen molar-refractivity contribution in [1.82, 2.24) is 0 Å². The number of esters is 1. The molecule has 1 aromatic carbocycles. The van der Waals surface area contributed by atoms with Crippen molar-refractivity contribution in [2.45, 2.75) is 19.4 Å². The van der Waals surface area contributed by atoms with Gasteiger partial charge < -0.3 is 4.74 Å². The minimum absolute atomic E-state index is 0.299. The van der Waals surface area contributed by atoms with Gasteiger partial charge in [-0.15, -0.1) is 0 Å². The first kappa shape index (κ1) is 10.9. The summed E-state index contributed by atoms with van der Waals surface area (Å²) >= 11 is 4.79. The van der Waals surface area contributed by atoms with Crippen LogP contribution >= 0.6 is 12.2 Å². The van der Waals surface area contributed by atoms with Crippen LogP contribution in [0.1, 0.15) is 12.5 Å². The molecular weight excluding hydrogens is 196 g/mol. The Morgan fingerprint density at radius 2 is 2.14 bits per heavy atom. The highest BCUT2D eigenvalue weighted by Gasteiger charge is 2.08. The van der Waals surface area contributed by atoms with E-state index >= 15 is 0 Å². The average Bonchev–Trinajstić information content (AvgIpc) is 2.17. The monoisotopic (exact) mass is 208 g/mol. The highest BCUT2D eigenvalue weighted by Crippen LogP contribution is 2.04. The molecule has 2 nitrogen and oxygen atoms in total. The lowest BCUT2D eigenvalue weighted by atomic mass is 10.1. The molecule has 0 aliphatic rings. The molecular formula is C11H12O2S. The Hall–Kier alpha value is -1.22. The Bertz CT molecular complexity index is 308. The normalized spacial score (nSPS) is 11.8. The maximum Gasteiger partial charge on any atom is 0.303 e. The van der Waals surface area contributed by atoms with Gasteiger partial charge in [-0.3, -0.25) is 4.79 Å². The summed E-state index contributed by atoms with van der Waals surface area (Å²) in [5.41, 5.74) is 1.11. The smallest absolute Gasteiger partial charge is 0.303 e. The Labute approximate surface area is 88.9 Å². The van der Waals surface area contributed by atoms with Crippen LogP contribution in [-0.4, -0.2) is 17.4 Å². The highest BCUT2D eigenvalue weighted by atomic mass is 32.1. The molecule has 74 valence electrons. The summed E-state index contributed by atoms with van der Waals surface area (Å²) in [5.74, 6) is -0.299. The molecule has 0 fully saturated rings. The SMILES string of the molecule is CC(=O)OC(C=S)Cc1ccccc1. The van der Waals surface area contributed by atoms with Crippen LogP contribution < -0.4 is 0 Å². The Balaban J connectivity index is 2.57. The second kappa shape index (κ2) is 5.50. The number of hydrogen-bond donors (Lipinski definition) is 0. The number of ether oxygens (including phenoxy) is 1. The van der Waals surface area contributed by atoms with Crippen molar-refractivity contribution in [3.05, 3.63) is 35.9 Å². The summed E-state index contributed by atoms with van der Waals surface area (Å²) < 4.78 is 5.00. The minimum atomic E-state index is -0.301. The van der Waals surface area contributed by atoms with Crippen LogP contribution in [0.5, 0.6) is 0 Å². The van der Waals surface area contributed by atoms with Gasteiger partial charge in [-0.2, -0.15) is 0 Å². The van der Waals surface area contributed by atoms with E-state index in [-0.39, 0.29) is 12.1 Å². The summed E-state index contributed by atoms with van der Waals surface area (Å²) in [7, 11) is 0. The van der Waals surface area contributed by atoms with Gasteiger partial charge in [-0.05, 0) is 5.56 Å². The van der Waals surface area contributed by atoms with Gasteiger partial charge in [-0.25, -0.2) is 0 Å². The molecule has 0 bridgehead atoms. The van der Waals surface area contributed by atoms with E-state index in [1.807, 2.05) is 30.3 Å². The van der Waals surface area contributed by atoms with Gasteiger partial charge in [0.05, 0.1) is 0 Å². The minimum Gasteiger partial charge on any atom is -0.457 e. The molecule has 0 amide bonds. The Morgan fingerprint density at radius 1 is 1.50 bits per heavy atom.